The van der Waals surface area contributed by atoms with E-state index in [-0.39, 0.29) is 12.4 Å². The highest BCUT2D eigenvalue weighted by atomic mass is 35.5. The maximum absolute atomic E-state index is 9.64. The molecule has 1 heterocycles. The van der Waals surface area contributed by atoms with Gasteiger partial charge in [0.15, 0.2) is 0 Å². The monoisotopic (exact) mass is 228 g/mol. The molecule has 0 aliphatic carbocycles. The predicted octanol–water partition coefficient (Wildman–Crippen LogP) is 2.84. The Balaban J connectivity index is 2.80. The van der Waals surface area contributed by atoms with Gasteiger partial charge in [0, 0.05) is 16.0 Å². The van der Waals surface area contributed by atoms with Crippen molar-refractivity contribution < 1.29 is 10.2 Å². The van der Waals surface area contributed by atoms with E-state index in [1.807, 2.05) is 11.4 Å². The molecule has 0 aliphatic heterocycles. The van der Waals surface area contributed by atoms with Gasteiger partial charge in [-0.3, -0.25) is 0 Å². The van der Waals surface area contributed by atoms with Crippen LogP contribution in [-0.2, 0) is 12.5 Å². The highest BCUT2D eigenvalue weighted by Gasteiger charge is 2.10. The number of phenolic OH excluding ortho intramolecular Hbond substituents is 1. The summed E-state index contributed by atoms with van der Waals surface area (Å²) in [5, 5.41) is 21.3. The van der Waals surface area contributed by atoms with Crippen LogP contribution in [0, 0.1) is 0 Å². The van der Waals surface area contributed by atoms with Crippen molar-refractivity contribution in [1.82, 2.24) is 0 Å². The van der Waals surface area contributed by atoms with Gasteiger partial charge in [-0.2, -0.15) is 0 Å². The van der Waals surface area contributed by atoms with Crippen LogP contribution in [0.2, 0.25) is 0 Å². The molecule has 2 aromatic rings. The Morgan fingerprint density at radius 3 is 2.71 bits per heavy atom. The average molecular weight is 229 g/mol. The number of aliphatic hydroxyl groups excluding tert-OH is 1. The van der Waals surface area contributed by atoms with Crippen LogP contribution in [0.4, 0.5) is 0 Å². The molecule has 0 atom stereocenters. The second kappa shape index (κ2) is 3.77. The number of thiophene rings is 1. The van der Waals surface area contributed by atoms with Crippen molar-refractivity contribution in [2.45, 2.75) is 12.5 Å². The van der Waals surface area contributed by atoms with Crippen LogP contribution in [0.25, 0.3) is 10.1 Å². The number of phenols is 1. The molecular weight excluding hydrogens is 220 g/mol. The van der Waals surface area contributed by atoms with Gasteiger partial charge in [0.25, 0.3) is 0 Å². The van der Waals surface area contributed by atoms with Crippen molar-refractivity contribution in [3.63, 3.8) is 0 Å². The van der Waals surface area contributed by atoms with Crippen molar-refractivity contribution >= 4 is 33.0 Å². The van der Waals surface area contributed by atoms with Gasteiger partial charge < -0.3 is 10.2 Å². The zero-order chi connectivity index (χ0) is 10.1. The summed E-state index contributed by atoms with van der Waals surface area (Å²) in [7, 11) is 0. The van der Waals surface area contributed by atoms with Crippen molar-refractivity contribution in [1.29, 1.82) is 0 Å². The summed E-state index contributed by atoms with van der Waals surface area (Å²) in [6.07, 6.45) is 0. The van der Waals surface area contributed by atoms with Gasteiger partial charge in [0.05, 0.1) is 6.61 Å². The summed E-state index contributed by atoms with van der Waals surface area (Å²) < 4.78 is 0.962. The number of rotatable bonds is 2. The first-order valence-corrected chi connectivity index (χ1v) is 5.57. The van der Waals surface area contributed by atoms with Crippen LogP contribution in [0.3, 0.4) is 0 Å². The Morgan fingerprint density at radius 1 is 1.29 bits per heavy atom. The zero-order valence-electron chi connectivity index (χ0n) is 7.33. The molecule has 14 heavy (non-hydrogen) atoms. The second-order valence-corrected chi connectivity index (χ2v) is 4.15. The van der Waals surface area contributed by atoms with Crippen LogP contribution in [0.1, 0.15) is 11.1 Å². The average Bonchev–Trinajstić information content (AvgIpc) is 2.63. The summed E-state index contributed by atoms with van der Waals surface area (Å²) in [6, 6.07) is 3.42. The normalized spacial score (nSPS) is 11.0. The van der Waals surface area contributed by atoms with E-state index in [2.05, 4.69) is 0 Å². The molecule has 0 unspecified atom stereocenters. The lowest BCUT2D eigenvalue weighted by Crippen LogP contribution is -1.82. The molecule has 0 bridgehead atoms. The van der Waals surface area contributed by atoms with E-state index < -0.39 is 0 Å². The van der Waals surface area contributed by atoms with Crippen molar-refractivity contribution in [3.8, 4) is 5.75 Å². The Labute approximate surface area is 90.4 Å². The molecule has 1 aromatic heterocycles. The lowest BCUT2D eigenvalue weighted by atomic mass is 10.1. The fraction of sp³-hybridized carbons (Fsp3) is 0.200. The molecule has 0 saturated heterocycles. The highest BCUT2D eigenvalue weighted by molar-refractivity contribution is 7.17. The number of benzene rings is 1. The Kier molecular flexibility index (Phi) is 2.63. The molecule has 2 nitrogen and oxygen atoms in total. The maximum atomic E-state index is 9.64. The molecule has 0 radical (unpaired) electrons. The maximum Gasteiger partial charge on any atom is 0.124 e. The van der Waals surface area contributed by atoms with E-state index in [9.17, 15) is 5.11 Å². The topological polar surface area (TPSA) is 40.5 Å². The SMILES string of the molecule is OCc1csc2c(CCl)ccc(O)c12. The number of aromatic hydroxyl groups is 1. The second-order valence-electron chi connectivity index (χ2n) is 3.00. The largest absolute Gasteiger partial charge is 0.507 e. The van der Waals surface area contributed by atoms with Crippen LogP contribution < -0.4 is 0 Å². The number of aliphatic hydroxyl groups is 1. The number of fused-ring (bicyclic) bond motifs is 1. The van der Waals surface area contributed by atoms with Gasteiger partial charge in [-0.1, -0.05) is 6.07 Å². The molecule has 2 N–H and O–H groups in total. The first-order valence-electron chi connectivity index (χ1n) is 4.15. The third-order valence-corrected chi connectivity index (χ3v) is 3.56. The quantitative estimate of drug-likeness (QED) is 0.776. The molecule has 0 saturated carbocycles. The van der Waals surface area contributed by atoms with Gasteiger partial charge in [-0.05, 0) is 22.6 Å². The van der Waals surface area contributed by atoms with E-state index in [1.165, 1.54) is 11.3 Å². The molecule has 1 aromatic carbocycles. The fourth-order valence-corrected chi connectivity index (χ4v) is 2.87. The summed E-state index contributed by atoms with van der Waals surface area (Å²) in [5.74, 6) is 0.626. The van der Waals surface area contributed by atoms with E-state index in [4.69, 9.17) is 16.7 Å². The van der Waals surface area contributed by atoms with E-state index in [1.54, 1.807) is 6.07 Å². The molecular formula is C10H9ClO2S. The molecule has 74 valence electrons. The summed E-state index contributed by atoms with van der Waals surface area (Å²) in [6.45, 7) is -0.0563. The van der Waals surface area contributed by atoms with Gasteiger partial charge >= 0.3 is 0 Å². The third-order valence-electron chi connectivity index (χ3n) is 2.17. The summed E-state index contributed by atoms with van der Waals surface area (Å²) in [5.41, 5.74) is 1.75. The minimum atomic E-state index is -0.0563. The summed E-state index contributed by atoms with van der Waals surface area (Å²) >= 11 is 7.27. The lowest BCUT2D eigenvalue weighted by molar-refractivity contribution is 0.283. The minimum Gasteiger partial charge on any atom is -0.507 e. The van der Waals surface area contributed by atoms with Crippen molar-refractivity contribution in [3.05, 3.63) is 28.6 Å². The number of alkyl halides is 1. The summed E-state index contributed by atoms with van der Waals surface area (Å²) in [4.78, 5) is 0. The number of hydrogen-bond donors (Lipinski definition) is 2. The van der Waals surface area contributed by atoms with Crippen LogP contribution in [0.15, 0.2) is 17.5 Å². The van der Waals surface area contributed by atoms with Crippen LogP contribution >= 0.6 is 22.9 Å². The standard InChI is InChI=1S/C10H9ClO2S/c11-3-6-1-2-8(13)9-7(4-12)5-14-10(6)9/h1-2,5,12-13H,3-4H2. The first kappa shape index (κ1) is 9.77. The highest BCUT2D eigenvalue weighted by Crippen LogP contribution is 2.36. The predicted molar refractivity (Wildman–Crippen MR) is 59.0 cm³/mol. The molecule has 2 rings (SSSR count). The van der Waals surface area contributed by atoms with Crippen LogP contribution in [0.5, 0.6) is 5.75 Å². The van der Waals surface area contributed by atoms with Gasteiger partial charge in [-0.15, -0.1) is 22.9 Å². The smallest absolute Gasteiger partial charge is 0.124 e. The molecule has 4 heteroatoms. The van der Waals surface area contributed by atoms with E-state index in [0.29, 0.717) is 5.88 Å². The molecule has 0 fully saturated rings. The van der Waals surface area contributed by atoms with Gasteiger partial charge in [0.1, 0.15) is 5.75 Å². The molecule has 0 amide bonds. The lowest BCUT2D eigenvalue weighted by Gasteiger charge is -2.01. The molecule has 0 spiro atoms. The third kappa shape index (κ3) is 1.38. The Hall–Kier alpha value is -0.770. The number of halogens is 1. The van der Waals surface area contributed by atoms with Crippen molar-refractivity contribution in [2.24, 2.45) is 0 Å². The Morgan fingerprint density at radius 2 is 2.07 bits per heavy atom. The molecule has 0 aliphatic rings. The zero-order valence-corrected chi connectivity index (χ0v) is 8.90. The van der Waals surface area contributed by atoms with E-state index >= 15 is 0 Å². The minimum absolute atomic E-state index is 0.0563. The van der Waals surface area contributed by atoms with Crippen LogP contribution in [-0.4, -0.2) is 10.2 Å². The van der Waals surface area contributed by atoms with Gasteiger partial charge in [-0.25, -0.2) is 0 Å². The van der Waals surface area contributed by atoms with Crippen molar-refractivity contribution in [2.75, 3.05) is 0 Å². The van der Waals surface area contributed by atoms with Gasteiger partial charge in [0.2, 0.25) is 0 Å². The number of hydrogen-bond acceptors (Lipinski definition) is 3. The van der Waals surface area contributed by atoms with E-state index in [0.717, 1.165) is 21.2 Å². The fourth-order valence-electron chi connectivity index (χ4n) is 1.47. The Bertz CT molecular complexity index is 464. The first-order chi connectivity index (χ1) is 6.77.